The highest BCUT2D eigenvalue weighted by molar-refractivity contribution is 9.10. The van der Waals surface area contributed by atoms with Gasteiger partial charge >= 0.3 is 5.97 Å². The molecule has 0 aromatic heterocycles. The molecule has 0 fully saturated rings. The molecule has 0 atom stereocenters. The summed E-state index contributed by atoms with van der Waals surface area (Å²) in [5.41, 5.74) is 1.41. The summed E-state index contributed by atoms with van der Waals surface area (Å²) in [6.45, 7) is 0.658. The van der Waals surface area contributed by atoms with Crippen molar-refractivity contribution < 1.29 is 14.3 Å². The topological polar surface area (TPSA) is 40.5 Å². The molecule has 21 heavy (non-hydrogen) atoms. The van der Waals surface area contributed by atoms with E-state index in [-0.39, 0.29) is 12.2 Å². The van der Waals surface area contributed by atoms with Crippen molar-refractivity contribution in [2.45, 2.75) is 13.0 Å². The van der Waals surface area contributed by atoms with Crippen molar-refractivity contribution in [2.75, 3.05) is 11.4 Å². The molecule has 5 heteroatoms. The van der Waals surface area contributed by atoms with Crippen LogP contribution in [0.1, 0.15) is 12.0 Å². The maximum atomic E-state index is 14.0. The van der Waals surface area contributed by atoms with Crippen LogP contribution in [-0.4, -0.2) is 17.6 Å². The number of carbonyl (C=O) groups is 1. The summed E-state index contributed by atoms with van der Waals surface area (Å²) in [5, 5.41) is 8.86. The number of hydrogen-bond acceptors (Lipinski definition) is 2. The molecule has 3 nitrogen and oxygen atoms in total. The van der Waals surface area contributed by atoms with Gasteiger partial charge in [-0.3, -0.25) is 4.79 Å². The minimum absolute atomic E-state index is 0.00699. The summed E-state index contributed by atoms with van der Waals surface area (Å²) in [7, 11) is 0. The highest BCUT2D eigenvalue weighted by atomic mass is 79.9. The van der Waals surface area contributed by atoms with Crippen LogP contribution in [-0.2, 0) is 11.3 Å². The van der Waals surface area contributed by atoms with E-state index in [0.29, 0.717) is 23.1 Å². The maximum Gasteiger partial charge on any atom is 0.305 e. The first kappa shape index (κ1) is 15.5. The van der Waals surface area contributed by atoms with Crippen molar-refractivity contribution in [3.63, 3.8) is 0 Å². The first-order valence-corrected chi connectivity index (χ1v) is 7.31. The zero-order valence-electron chi connectivity index (χ0n) is 11.3. The molecule has 0 saturated carbocycles. The molecule has 2 aromatic carbocycles. The fourth-order valence-electron chi connectivity index (χ4n) is 2.02. The molecule has 0 aliphatic rings. The number of aliphatic carboxylic acids is 1. The minimum atomic E-state index is -0.868. The number of hydrogen-bond donors (Lipinski definition) is 1. The van der Waals surface area contributed by atoms with E-state index >= 15 is 0 Å². The Labute approximate surface area is 131 Å². The lowest BCUT2D eigenvalue weighted by molar-refractivity contribution is -0.136. The highest BCUT2D eigenvalue weighted by Gasteiger charge is 2.12. The lowest BCUT2D eigenvalue weighted by Crippen LogP contribution is -2.26. The quantitative estimate of drug-likeness (QED) is 0.852. The monoisotopic (exact) mass is 351 g/mol. The number of halogens is 2. The van der Waals surface area contributed by atoms with Gasteiger partial charge in [0.2, 0.25) is 0 Å². The Kier molecular flexibility index (Phi) is 5.33. The number of para-hydroxylation sites is 1. The van der Waals surface area contributed by atoms with Crippen molar-refractivity contribution in [3.05, 3.63) is 64.4 Å². The van der Waals surface area contributed by atoms with Crippen molar-refractivity contribution in [1.82, 2.24) is 0 Å². The Morgan fingerprint density at radius 1 is 1.19 bits per heavy atom. The summed E-state index contributed by atoms with van der Waals surface area (Å²) in [6, 6.07) is 14.3. The van der Waals surface area contributed by atoms with Gasteiger partial charge in [-0.15, -0.1) is 0 Å². The first-order chi connectivity index (χ1) is 10.1. The molecular weight excluding hydrogens is 337 g/mol. The third kappa shape index (κ3) is 4.56. The van der Waals surface area contributed by atoms with Crippen LogP contribution >= 0.6 is 15.9 Å². The van der Waals surface area contributed by atoms with E-state index in [2.05, 4.69) is 15.9 Å². The maximum absolute atomic E-state index is 14.0. The van der Waals surface area contributed by atoms with Crippen LogP contribution < -0.4 is 4.90 Å². The zero-order valence-corrected chi connectivity index (χ0v) is 12.9. The van der Waals surface area contributed by atoms with Crippen molar-refractivity contribution in [1.29, 1.82) is 0 Å². The Bertz CT molecular complexity index is 619. The molecule has 0 amide bonds. The summed E-state index contributed by atoms with van der Waals surface area (Å²) in [5.74, 6) is -1.17. The molecule has 1 N–H and O–H groups in total. The molecule has 2 rings (SSSR count). The summed E-state index contributed by atoms with van der Waals surface area (Å²) in [6.07, 6.45) is 0.00699. The van der Waals surface area contributed by atoms with Gasteiger partial charge < -0.3 is 10.0 Å². The first-order valence-electron chi connectivity index (χ1n) is 6.52. The molecule has 0 radical (unpaired) electrons. The molecular formula is C16H15BrFNO2. The standard InChI is InChI=1S/C16H15BrFNO2/c17-13-7-6-12(15(18)10-13)11-19(9-8-16(20)21)14-4-2-1-3-5-14/h1-7,10H,8-9,11H2,(H,20,21). The number of benzene rings is 2. The Morgan fingerprint density at radius 2 is 1.90 bits per heavy atom. The van der Waals surface area contributed by atoms with Gasteiger partial charge in [0.25, 0.3) is 0 Å². The van der Waals surface area contributed by atoms with Crippen LogP contribution in [0.15, 0.2) is 53.0 Å². The largest absolute Gasteiger partial charge is 0.481 e. The van der Waals surface area contributed by atoms with Crippen LogP contribution in [0, 0.1) is 5.82 Å². The average molecular weight is 352 g/mol. The lowest BCUT2D eigenvalue weighted by Gasteiger charge is -2.24. The molecule has 0 spiro atoms. The van der Waals surface area contributed by atoms with Crippen LogP contribution in [0.25, 0.3) is 0 Å². The summed E-state index contributed by atoms with van der Waals surface area (Å²) >= 11 is 3.23. The molecule has 0 heterocycles. The van der Waals surface area contributed by atoms with E-state index in [9.17, 15) is 9.18 Å². The molecule has 0 saturated heterocycles. The van der Waals surface area contributed by atoms with Gasteiger partial charge in [-0.2, -0.15) is 0 Å². The van der Waals surface area contributed by atoms with Crippen molar-refractivity contribution in [2.24, 2.45) is 0 Å². The Hall–Kier alpha value is -1.88. The van der Waals surface area contributed by atoms with Crippen LogP contribution in [0.4, 0.5) is 10.1 Å². The van der Waals surface area contributed by atoms with E-state index in [4.69, 9.17) is 5.11 Å². The van der Waals surface area contributed by atoms with Gasteiger partial charge in [-0.05, 0) is 24.3 Å². The van der Waals surface area contributed by atoms with Crippen LogP contribution in [0.5, 0.6) is 0 Å². The minimum Gasteiger partial charge on any atom is -0.481 e. The fourth-order valence-corrected chi connectivity index (χ4v) is 2.36. The van der Waals surface area contributed by atoms with E-state index in [0.717, 1.165) is 5.69 Å². The van der Waals surface area contributed by atoms with E-state index in [1.807, 2.05) is 35.2 Å². The normalized spacial score (nSPS) is 10.4. The van der Waals surface area contributed by atoms with E-state index in [1.54, 1.807) is 12.1 Å². The van der Waals surface area contributed by atoms with Crippen molar-refractivity contribution in [3.8, 4) is 0 Å². The third-order valence-electron chi connectivity index (χ3n) is 3.09. The number of anilines is 1. The Balaban J connectivity index is 2.21. The number of rotatable bonds is 6. The molecule has 110 valence electrons. The molecule has 0 bridgehead atoms. The summed E-state index contributed by atoms with van der Waals surface area (Å²) < 4.78 is 14.6. The zero-order chi connectivity index (χ0) is 15.2. The van der Waals surface area contributed by atoms with Gasteiger partial charge in [-0.1, -0.05) is 40.2 Å². The van der Waals surface area contributed by atoms with Gasteiger partial charge in [0.15, 0.2) is 0 Å². The smallest absolute Gasteiger partial charge is 0.305 e. The second-order valence-electron chi connectivity index (χ2n) is 4.64. The highest BCUT2D eigenvalue weighted by Crippen LogP contribution is 2.21. The second-order valence-corrected chi connectivity index (χ2v) is 5.55. The van der Waals surface area contributed by atoms with Crippen LogP contribution in [0.2, 0.25) is 0 Å². The van der Waals surface area contributed by atoms with Crippen LogP contribution in [0.3, 0.4) is 0 Å². The van der Waals surface area contributed by atoms with Crippen molar-refractivity contribution >= 4 is 27.6 Å². The van der Waals surface area contributed by atoms with Gasteiger partial charge in [0, 0.05) is 28.8 Å². The predicted octanol–water partition coefficient (Wildman–Crippen LogP) is 4.07. The molecule has 0 aliphatic heterocycles. The number of carboxylic acids is 1. The Morgan fingerprint density at radius 3 is 2.52 bits per heavy atom. The lowest BCUT2D eigenvalue weighted by atomic mass is 10.1. The summed E-state index contributed by atoms with van der Waals surface area (Å²) in [4.78, 5) is 12.7. The SMILES string of the molecule is O=C(O)CCN(Cc1ccc(Br)cc1F)c1ccccc1. The molecule has 0 unspecified atom stereocenters. The fraction of sp³-hybridized carbons (Fsp3) is 0.188. The van der Waals surface area contributed by atoms with E-state index < -0.39 is 5.97 Å². The number of carboxylic acid groups (broad SMARTS) is 1. The number of nitrogens with zero attached hydrogens (tertiary/aromatic N) is 1. The van der Waals surface area contributed by atoms with Gasteiger partial charge in [-0.25, -0.2) is 4.39 Å². The second kappa shape index (κ2) is 7.22. The average Bonchev–Trinajstić information content (AvgIpc) is 2.46. The molecule has 0 aliphatic carbocycles. The molecule has 2 aromatic rings. The predicted molar refractivity (Wildman–Crippen MR) is 83.8 cm³/mol. The third-order valence-corrected chi connectivity index (χ3v) is 3.59. The van der Waals surface area contributed by atoms with Gasteiger partial charge in [0.1, 0.15) is 5.82 Å². The van der Waals surface area contributed by atoms with Gasteiger partial charge in [0.05, 0.1) is 6.42 Å². The van der Waals surface area contributed by atoms with E-state index in [1.165, 1.54) is 6.07 Å².